The lowest BCUT2D eigenvalue weighted by Crippen LogP contribution is -2.14. The number of hydrogen-bond acceptors (Lipinski definition) is 4. The minimum atomic E-state index is -0.697. The normalized spacial score (nSPS) is 18.3. The molecule has 0 unspecified atom stereocenters. The third-order valence-corrected chi connectivity index (χ3v) is 6.85. The third kappa shape index (κ3) is 5.22. The molecule has 2 aliphatic carbocycles. The number of aromatic hydroxyl groups is 2. The summed E-state index contributed by atoms with van der Waals surface area (Å²) in [4.78, 5) is 22.4. The highest BCUT2D eigenvalue weighted by atomic mass is 16.4. The smallest absolute Gasteiger partial charge is 0.309 e. The standard InChI is InChI=1S/C23H32O6/c24-18-15-17(7-3-5-9-23(12-13-23)21(28)29)19(25)14-16(18)6-2-1-4-8-22(10-11-22)20(26)27/h14-15,24-25H,1-13H2,(H,26,27)(H,28,29). The van der Waals surface area contributed by atoms with Gasteiger partial charge < -0.3 is 20.4 Å². The number of benzene rings is 1. The van der Waals surface area contributed by atoms with E-state index in [1.54, 1.807) is 12.1 Å². The highest BCUT2D eigenvalue weighted by Gasteiger charge is 2.49. The second-order valence-electron chi connectivity index (χ2n) is 9.05. The number of carbonyl (C=O) groups is 2. The summed E-state index contributed by atoms with van der Waals surface area (Å²) in [6.07, 6.45) is 9.98. The average molecular weight is 405 g/mol. The number of phenolic OH excluding ortho intramolecular Hbond substituents is 2. The Balaban J connectivity index is 1.39. The Bertz CT molecular complexity index is 761. The molecule has 2 saturated carbocycles. The molecule has 0 radical (unpaired) electrons. The van der Waals surface area contributed by atoms with Gasteiger partial charge in [0, 0.05) is 0 Å². The first-order chi connectivity index (χ1) is 13.8. The van der Waals surface area contributed by atoms with E-state index in [4.69, 9.17) is 0 Å². The molecule has 3 rings (SSSR count). The molecule has 0 aromatic heterocycles. The predicted octanol–water partition coefficient (Wildman–Crippen LogP) is 4.64. The summed E-state index contributed by atoms with van der Waals surface area (Å²) in [6.45, 7) is 0. The van der Waals surface area contributed by atoms with Crippen LogP contribution in [-0.4, -0.2) is 32.4 Å². The van der Waals surface area contributed by atoms with Gasteiger partial charge in [-0.15, -0.1) is 0 Å². The summed E-state index contributed by atoms with van der Waals surface area (Å²) in [5.41, 5.74) is 0.445. The highest BCUT2D eigenvalue weighted by Crippen LogP contribution is 2.50. The largest absolute Gasteiger partial charge is 0.508 e. The van der Waals surface area contributed by atoms with Crippen LogP contribution in [0.4, 0.5) is 0 Å². The molecule has 6 heteroatoms. The van der Waals surface area contributed by atoms with E-state index in [-0.39, 0.29) is 11.5 Å². The van der Waals surface area contributed by atoms with Gasteiger partial charge in [-0.25, -0.2) is 0 Å². The quantitative estimate of drug-likeness (QED) is 0.281. The lowest BCUT2D eigenvalue weighted by Gasteiger charge is -2.12. The fourth-order valence-electron chi connectivity index (χ4n) is 4.24. The van der Waals surface area contributed by atoms with Crippen molar-refractivity contribution in [2.75, 3.05) is 0 Å². The van der Waals surface area contributed by atoms with Gasteiger partial charge in [-0.3, -0.25) is 9.59 Å². The van der Waals surface area contributed by atoms with Crippen LogP contribution in [0.2, 0.25) is 0 Å². The van der Waals surface area contributed by atoms with Crippen LogP contribution in [0.3, 0.4) is 0 Å². The monoisotopic (exact) mass is 404 g/mol. The van der Waals surface area contributed by atoms with E-state index in [0.29, 0.717) is 30.4 Å². The van der Waals surface area contributed by atoms with Crippen LogP contribution in [0.15, 0.2) is 12.1 Å². The number of carboxylic acids is 2. The number of phenols is 2. The first-order valence-corrected chi connectivity index (χ1v) is 10.8. The molecule has 0 saturated heterocycles. The Morgan fingerprint density at radius 1 is 0.690 bits per heavy atom. The van der Waals surface area contributed by atoms with Gasteiger partial charge in [-0.2, -0.15) is 0 Å². The van der Waals surface area contributed by atoms with Crippen LogP contribution in [0.25, 0.3) is 0 Å². The van der Waals surface area contributed by atoms with E-state index in [1.165, 1.54) is 0 Å². The molecule has 1 aromatic carbocycles. The van der Waals surface area contributed by atoms with Crippen molar-refractivity contribution in [3.63, 3.8) is 0 Å². The first-order valence-electron chi connectivity index (χ1n) is 10.8. The zero-order chi connectivity index (χ0) is 21.1. The SMILES string of the molecule is O=C(O)C1(CCCCCc2cc(O)c(CCCCC3(C(=O)O)CC3)cc2O)CC1. The first kappa shape index (κ1) is 21.5. The molecule has 6 nitrogen and oxygen atoms in total. The number of unbranched alkanes of at least 4 members (excludes halogenated alkanes) is 3. The molecule has 0 spiro atoms. The summed E-state index contributed by atoms with van der Waals surface area (Å²) >= 11 is 0. The van der Waals surface area contributed by atoms with Crippen molar-refractivity contribution in [2.24, 2.45) is 10.8 Å². The molecule has 0 heterocycles. The summed E-state index contributed by atoms with van der Waals surface area (Å²) in [5.74, 6) is -1.00. The lowest BCUT2D eigenvalue weighted by atomic mass is 9.95. The van der Waals surface area contributed by atoms with Crippen molar-refractivity contribution in [2.45, 2.75) is 83.5 Å². The molecule has 0 amide bonds. The third-order valence-electron chi connectivity index (χ3n) is 6.85. The van der Waals surface area contributed by atoms with Gasteiger partial charge in [0.2, 0.25) is 0 Å². The fraction of sp³-hybridized carbons (Fsp3) is 0.652. The molecule has 0 aliphatic heterocycles. The molecule has 2 aliphatic rings. The summed E-state index contributed by atoms with van der Waals surface area (Å²) in [6, 6.07) is 3.25. The van der Waals surface area contributed by atoms with Gasteiger partial charge in [0.05, 0.1) is 10.8 Å². The van der Waals surface area contributed by atoms with Crippen LogP contribution in [0, 0.1) is 10.8 Å². The molecule has 1 aromatic rings. The Kier molecular flexibility index (Phi) is 6.39. The Hall–Kier alpha value is -2.24. The predicted molar refractivity (Wildman–Crippen MR) is 108 cm³/mol. The van der Waals surface area contributed by atoms with Crippen molar-refractivity contribution in [1.29, 1.82) is 0 Å². The number of aryl methyl sites for hydroxylation is 2. The molecule has 4 N–H and O–H groups in total. The zero-order valence-corrected chi connectivity index (χ0v) is 17.0. The zero-order valence-electron chi connectivity index (χ0n) is 17.0. The van der Waals surface area contributed by atoms with Gasteiger partial charge >= 0.3 is 11.9 Å². The summed E-state index contributed by atoms with van der Waals surface area (Å²) < 4.78 is 0. The Morgan fingerprint density at radius 2 is 1.07 bits per heavy atom. The second kappa shape index (κ2) is 8.64. The van der Waals surface area contributed by atoms with Gasteiger partial charge in [0.1, 0.15) is 11.5 Å². The summed E-state index contributed by atoms with van der Waals surface area (Å²) in [7, 11) is 0. The van der Waals surface area contributed by atoms with Crippen LogP contribution in [-0.2, 0) is 22.4 Å². The maximum Gasteiger partial charge on any atom is 0.309 e. The van der Waals surface area contributed by atoms with Crippen molar-refractivity contribution in [3.8, 4) is 11.5 Å². The average Bonchev–Trinajstić information content (AvgIpc) is 3.57. The van der Waals surface area contributed by atoms with Crippen LogP contribution >= 0.6 is 0 Å². The molecule has 160 valence electrons. The minimum absolute atomic E-state index is 0.181. The van der Waals surface area contributed by atoms with Crippen molar-refractivity contribution >= 4 is 11.9 Å². The van der Waals surface area contributed by atoms with E-state index >= 15 is 0 Å². The highest BCUT2D eigenvalue weighted by molar-refractivity contribution is 5.78. The van der Waals surface area contributed by atoms with E-state index in [1.807, 2.05) is 0 Å². The van der Waals surface area contributed by atoms with Gasteiger partial charge in [-0.05, 0) is 87.5 Å². The summed E-state index contributed by atoms with van der Waals surface area (Å²) in [5, 5.41) is 39.0. The fourth-order valence-corrected chi connectivity index (χ4v) is 4.24. The molecule has 0 atom stereocenters. The van der Waals surface area contributed by atoms with Crippen LogP contribution in [0.5, 0.6) is 11.5 Å². The number of carboxylic acid groups (broad SMARTS) is 2. The number of hydrogen-bond donors (Lipinski definition) is 4. The van der Waals surface area contributed by atoms with Crippen LogP contribution in [0.1, 0.15) is 81.8 Å². The number of aliphatic carboxylic acids is 2. The molecule has 0 bridgehead atoms. The molecule has 2 fully saturated rings. The van der Waals surface area contributed by atoms with Crippen molar-refractivity contribution in [1.82, 2.24) is 0 Å². The van der Waals surface area contributed by atoms with Gasteiger partial charge in [0.15, 0.2) is 0 Å². The molecular weight excluding hydrogens is 372 g/mol. The van der Waals surface area contributed by atoms with E-state index in [9.17, 15) is 30.0 Å². The van der Waals surface area contributed by atoms with E-state index < -0.39 is 22.8 Å². The van der Waals surface area contributed by atoms with Gasteiger partial charge in [-0.1, -0.05) is 19.3 Å². The van der Waals surface area contributed by atoms with Crippen LogP contribution < -0.4 is 0 Å². The lowest BCUT2D eigenvalue weighted by molar-refractivity contribution is -0.144. The topological polar surface area (TPSA) is 115 Å². The van der Waals surface area contributed by atoms with E-state index in [2.05, 4.69) is 0 Å². The minimum Gasteiger partial charge on any atom is -0.508 e. The van der Waals surface area contributed by atoms with Crippen molar-refractivity contribution < 1.29 is 30.0 Å². The van der Waals surface area contributed by atoms with E-state index in [0.717, 1.165) is 64.2 Å². The maximum absolute atomic E-state index is 11.2. The second-order valence-corrected chi connectivity index (χ2v) is 9.05. The van der Waals surface area contributed by atoms with Crippen molar-refractivity contribution in [3.05, 3.63) is 23.3 Å². The number of rotatable bonds is 13. The van der Waals surface area contributed by atoms with Gasteiger partial charge in [0.25, 0.3) is 0 Å². The Morgan fingerprint density at radius 3 is 1.45 bits per heavy atom. The maximum atomic E-state index is 11.2. The molecule has 29 heavy (non-hydrogen) atoms. The molecular formula is C23H32O6. The Labute approximate surface area is 171 Å².